The summed E-state index contributed by atoms with van der Waals surface area (Å²) in [5.41, 5.74) is 1.60. The number of ether oxygens (including phenoxy) is 1. The largest absolute Gasteiger partial charge is 0.495 e. The summed E-state index contributed by atoms with van der Waals surface area (Å²) in [6, 6.07) is 9.09. The lowest BCUT2D eigenvalue weighted by Crippen LogP contribution is -2.41. The Hall–Kier alpha value is -2.69. The highest BCUT2D eigenvalue weighted by molar-refractivity contribution is 7.89. The number of halogens is 1. The van der Waals surface area contributed by atoms with E-state index in [1.165, 1.54) is 19.2 Å². The van der Waals surface area contributed by atoms with Crippen molar-refractivity contribution in [3.63, 3.8) is 0 Å². The van der Waals surface area contributed by atoms with Crippen molar-refractivity contribution in [3.8, 4) is 5.75 Å². The molecule has 0 aliphatic carbocycles. The zero-order valence-electron chi connectivity index (χ0n) is 12.7. The zero-order valence-corrected chi connectivity index (χ0v) is 14.3. The number of nitrogens with one attached hydrogen (secondary N) is 2. The molecule has 1 amide bonds. The first-order valence-electron chi connectivity index (χ1n) is 6.65. The van der Waals surface area contributed by atoms with Gasteiger partial charge in [-0.05, 0) is 18.2 Å². The van der Waals surface area contributed by atoms with Crippen molar-refractivity contribution in [2.75, 3.05) is 7.11 Å². The Bertz CT molecular complexity index is 932. The van der Waals surface area contributed by atoms with E-state index in [1.807, 2.05) is 10.3 Å². The van der Waals surface area contributed by atoms with Gasteiger partial charge in [0.2, 0.25) is 0 Å². The predicted molar refractivity (Wildman–Crippen MR) is 88.9 cm³/mol. The number of methoxy groups -OCH3 is 1. The number of hydrogen-bond donors (Lipinski definition) is 2. The molecule has 2 rings (SSSR count). The normalized spacial score (nSPS) is 11.0. The van der Waals surface area contributed by atoms with Gasteiger partial charge in [-0.1, -0.05) is 23.7 Å². The third-order valence-electron chi connectivity index (χ3n) is 3.06. The molecular weight excluding hydrogens is 374 g/mol. The summed E-state index contributed by atoms with van der Waals surface area (Å²) >= 11 is 5.86. The quantitative estimate of drug-likeness (QED) is 0.577. The van der Waals surface area contributed by atoms with Crippen LogP contribution in [-0.2, 0) is 10.0 Å². The smallest absolute Gasteiger partial charge is 0.271 e. The second-order valence-electron chi connectivity index (χ2n) is 4.63. The monoisotopic (exact) mass is 385 g/mol. The van der Waals surface area contributed by atoms with Crippen molar-refractivity contribution in [1.29, 1.82) is 0 Å². The Kier molecular flexibility index (Phi) is 5.57. The number of rotatable bonds is 6. The molecule has 2 aromatic carbocycles. The molecule has 0 atom stereocenters. The molecule has 2 aromatic rings. The molecular formula is C14H12ClN3O6S. The molecule has 9 nitrogen and oxygen atoms in total. The molecule has 132 valence electrons. The summed E-state index contributed by atoms with van der Waals surface area (Å²) in [7, 11) is -3.12. The van der Waals surface area contributed by atoms with Crippen LogP contribution in [0.3, 0.4) is 0 Å². The number of nitro groups is 1. The summed E-state index contributed by atoms with van der Waals surface area (Å²) in [6.07, 6.45) is 0. The van der Waals surface area contributed by atoms with E-state index < -0.39 is 31.4 Å². The molecule has 0 bridgehead atoms. The molecule has 0 saturated carbocycles. The number of hydrazine groups is 1. The zero-order chi connectivity index (χ0) is 18.6. The maximum absolute atomic E-state index is 12.3. The summed E-state index contributed by atoms with van der Waals surface area (Å²) in [6.45, 7) is 0. The average molecular weight is 386 g/mol. The van der Waals surface area contributed by atoms with Gasteiger partial charge >= 0.3 is 0 Å². The van der Waals surface area contributed by atoms with Gasteiger partial charge in [0.1, 0.15) is 10.6 Å². The van der Waals surface area contributed by atoms with Crippen molar-refractivity contribution in [2.45, 2.75) is 4.90 Å². The third-order valence-corrected chi connectivity index (χ3v) is 4.66. The maximum Gasteiger partial charge on any atom is 0.271 e. The van der Waals surface area contributed by atoms with Gasteiger partial charge in [0, 0.05) is 12.1 Å². The Morgan fingerprint density at radius 2 is 1.92 bits per heavy atom. The van der Waals surface area contributed by atoms with Gasteiger partial charge in [0.15, 0.2) is 0 Å². The molecule has 0 unspecified atom stereocenters. The van der Waals surface area contributed by atoms with Crippen molar-refractivity contribution < 1.29 is 22.9 Å². The fourth-order valence-electron chi connectivity index (χ4n) is 1.87. The van der Waals surface area contributed by atoms with Gasteiger partial charge in [-0.15, -0.1) is 4.83 Å². The lowest BCUT2D eigenvalue weighted by atomic mass is 10.2. The van der Waals surface area contributed by atoms with Crippen LogP contribution in [0.15, 0.2) is 47.4 Å². The van der Waals surface area contributed by atoms with Crippen LogP contribution < -0.4 is 15.0 Å². The number of benzene rings is 2. The molecule has 0 saturated heterocycles. The summed E-state index contributed by atoms with van der Waals surface area (Å²) in [4.78, 5) is 23.5. The molecule has 0 aromatic heterocycles. The molecule has 0 aliphatic heterocycles. The molecule has 0 aliphatic rings. The van der Waals surface area contributed by atoms with E-state index in [2.05, 4.69) is 0 Å². The summed E-state index contributed by atoms with van der Waals surface area (Å²) in [5.74, 6) is -0.913. The minimum atomic E-state index is -4.33. The number of hydrogen-bond acceptors (Lipinski definition) is 6. The van der Waals surface area contributed by atoms with Crippen molar-refractivity contribution >= 4 is 33.2 Å². The van der Waals surface area contributed by atoms with Gasteiger partial charge in [-0.2, -0.15) is 0 Å². The predicted octanol–water partition coefficient (Wildman–Crippen LogP) is 1.88. The summed E-state index contributed by atoms with van der Waals surface area (Å²) < 4.78 is 29.6. The Morgan fingerprint density at radius 3 is 2.52 bits per heavy atom. The number of non-ortho nitro benzene ring substituents is 1. The lowest BCUT2D eigenvalue weighted by molar-refractivity contribution is -0.385. The van der Waals surface area contributed by atoms with Crippen LogP contribution in [0.1, 0.15) is 10.4 Å². The van der Waals surface area contributed by atoms with E-state index in [1.54, 1.807) is 12.1 Å². The van der Waals surface area contributed by atoms with E-state index in [9.17, 15) is 23.3 Å². The van der Waals surface area contributed by atoms with Crippen molar-refractivity contribution in [1.82, 2.24) is 10.3 Å². The van der Waals surface area contributed by atoms with Crippen LogP contribution in [0.2, 0.25) is 5.02 Å². The first-order valence-corrected chi connectivity index (χ1v) is 8.51. The third kappa shape index (κ3) is 4.24. The topological polar surface area (TPSA) is 128 Å². The maximum atomic E-state index is 12.3. The molecule has 25 heavy (non-hydrogen) atoms. The standard InChI is InChI=1S/C14H12ClN3O6S/c1-24-12-7-6-9(18(20)21)8-13(12)25(22,23)17-16-14(19)10-4-2-3-5-11(10)15/h2-8,17H,1H3,(H,16,19). The number of nitrogens with zero attached hydrogens (tertiary/aromatic N) is 1. The van der Waals surface area contributed by atoms with Crippen LogP contribution in [-0.4, -0.2) is 26.4 Å². The number of carbonyl (C=O) groups is 1. The van der Waals surface area contributed by atoms with E-state index in [0.717, 1.165) is 18.2 Å². The van der Waals surface area contributed by atoms with Crippen molar-refractivity contribution in [3.05, 3.63) is 63.2 Å². The van der Waals surface area contributed by atoms with E-state index in [-0.39, 0.29) is 16.3 Å². The fraction of sp³-hybridized carbons (Fsp3) is 0.0714. The summed E-state index contributed by atoms with van der Waals surface area (Å²) in [5, 5.41) is 11.0. The highest BCUT2D eigenvalue weighted by Gasteiger charge is 2.24. The molecule has 11 heteroatoms. The average Bonchev–Trinajstić information content (AvgIpc) is 2.59. The van der Waals surface area contributed by atoms with Gasteiger partial charge in [0.05, 0.1) is 22.6 Å². The van der Waals surface area contributed by atoms with Crippen LogP contribution in [0.5, 0.6) is 5.75 Å². The Balaban J connectivity index is 2.27. The van der Waals surface area contributed by atoms with Crippen LogP contribution >= 0.6 is 11.6 Å². The minimum Gasteiger partial charge on any atom is -0.495 e. The SMILES string of the molecule is COc1ccc([N+](=O)[O-])cc1S(=O)(=O)NNC(=O)c1ccccc1Cl. The number of sulfonamides is 1. The molecule has 0 radical (unpaired) electrons. The number of carbonyl (C=O) groups excluding carboxylic acids is 1. The van der Waals surface area contributed by atoms with Gasteiger partial charge < -0.3 is 4.74 Å². The number of nitro benzene ring substituents is 1. The number of amides is 1. The van der Waals surface area contributed by atoms with E-state index in [0.29, 0.717) is 0 Å². The Labute approximate surface area is 147 Å². The van der Waals surface area contributed by atoms with Gasteiger partial charge in [-0.3, -0.25) is 20.3 Å². The minimum absolute atomic E-state index is 0.0536. The molecule has 0 fully saturated rings. The lowest BCUT2D eigenvalue weighted by Gasteiger charge is -2.12. The second kappa shape index (κ2) is 7.47. The Morgan fingerprint density at radius 1 is 1.24 bits per heavy atom. The van der Waals surface area contributed by atoms with Crippen LogP contribution in [0.4, 0.5) is 5.69 Å². The first-order chi connectivity index (χ1) is 11.8. The van der Waals surface area contributed by atoms with Gasteiger partial charge in [-0.25, -0.2) is 8.42 Å². The van der Waals surface area contributed by atoms with Crippen molar-refractivity contribution in [2.24, 2.45) is 0 Å². The first kappa shape index (κ1) is 18.6. The van der Waals surface area contributed by atoms with E-state index in [4.69, 9.17) is 16.3 Å². The second-order valence-corrected chi connectivity index (χ2v) is 6.69. The highest BCUT2D eigenvalue weighted by Crippen LogP contribution is 2.27. The van der Waals surface area contributed by atoms with Crippen LogP contribution in [0.25, 0.3) is 0 Å². The fourth-order valence-corrected chi connectivity index (χ4v) is 3.12. The van der Waals surface area contributed by atoms with E-state index >= 15 is 0 Å². The highest BCUT2D eigenvalue weighted by atomic mass is 35.5. The molecule has 0 heterocycles. The van der Waals surface area contributed by atoms with Crippen LogP contribution in [0, 0.1) is 10.1 Å². The molecule has 0 spiro atoms. The molecule has 2 N–H and O–H groups in total. The van der Waals surface area contributed by atoms with Gasteiger partial charge in [0.25, 0.3) is 21.6 Å².